The summed E-state index contributed by atoms with van der Waals surface area (Å²) in [5.41, 5.74) is 0.899. The summed E-state index contributed by atoms with van der Waals surface area (Å²) in [4.78, 5) is 6.88. The van der Waals surface area contributed by atoms with E-state index in [1.54, 1.807) is 20.2 Å². The summed E-state index contributed by atoms with van der Waals surface area (Å²) in [5.74, 6) is 2.50. The summed E-state index contributed by atoms with van der Waals surface area (Å²) >= 11 is 0. The number of phenols is 1. The van der Waals surface area contributed by atoms with Crippen LogP contribution in [0.4, 0.5) is 0 Å². The molecule has 0 amide bonds. The third kappa shape index (κ3) is 6.41. The average Bonchev–Trinajstić information content (AvgIpc) is 2.63. The van der Waals surface area contributed by atoms with Crippen molar-refractivity contribution in [3.63, 3.8) is 0 Å². The maximum absolute atomic E-state index is 10.0. The van der Waals surface area contributed by atoms with Crippen molar-refractivity contribution in [2.45, 2.75) is 39.2 Å². The molecule has 0 atom stereocenters. The molecule has 0 aromatic heterocycles. The zero-order chi connectivity index (χ0) is 18.9. The van der Waals surface area contributed by atoms with Gasteiger partial charge in [-0.25, -0.2) is 0 Å². The van der Waals surface area contributed by atoms with Crippen molar-refractivity contribution in [2.75, 3.05) is 40.3 Å². The lowest BCUT2D eigenvalue weighted by molar-refractivity contribution is 0.187. The second kappa shape index (κ2) is 10.3. The molecule has 6 heteroatoms. The lowest BCUT2D eigenvalue weighted by atomic mass is 10.0. The molecule has 6 nitrogen and oxygen atoms in total. The minimum Gasteiger partial charge on any atom is -0.508 e. The summed E-state index contributed by atoms with van der Waals surface area (Å²) < 4.78 is 5.12. The number of rotatable bonds is 7. The van der Waals surface area contributed by atoms with Crippen LogP contribution in [-0.2, 0) is 6.42 Å². The first-order chi connectivity index (χ1) is 12.5. The van der Waals surface area contributed by atoms with E-state index in [1.807, 2.05) is 12.1 Å². The number of hydrogen-bond donors (Lipinski definition) is 3. The van der Waals surface area contributed by atoms with Crippen LogP contribution in [0.2, 0.25) is 0 Å². The van der Waals surface area contributed by atoms with E-state index in [4.69, 9.17) is 4.74 Å². The number of methoxy groups -OCH3 is 1. The number of piperidine rings is 1. The lowest BCUT2D eigenvalue weighted by Gasteiger charge is -2.34. The maximum atomic E-state index is 10.0. The van der Waals surface area contributed by atoms with E-state index in [2.05, 4.69) is 34.4 Å². The van der Waals surface area contributed by atoms with Gasteiger partial charge in [-0.2, -0.15) is 0 Å². The van der Waals surface area contributed by atoms with Crippen molar-refractivity contribution in [1.29, 1.82) is 0 Å². The minimum absolute atomic E-state index is 0.270. The number of aromatic hydroxyl groups is 1. The van der Waals surface area contributed by atoms with Crippen molar-refractivity contribution in [3.8, 4) is 11.5 Å². The van der Waals surface area contributed by atoms with Crippen LogP contribution in [0.1, 0.15) is 32.3 Å². The number of hydrogen-bond acceptors (Lipinski definition) is 4. The van der Waals surface area contributed by atoms with Gasteiger partial charge in [0, 0.05) is 45.3 Å². The molecule has 1 fully saturated rings. The highest BCUT2D eigenvalue weighted by Crippen LogP contribution is 2.23. The van der Waals surface area contributed by atoms with Gasteiger partial charge in [0.1, 0.15) is 11.5 Å². The predicted molar refractivity (Wildman–Crippen MR) is 107 cm³/mol. The van der Waals surface area contributed by atoms with Gasteiger partial charge in [-0.1, -0.05) is 19.9 Å². The predicted octanol–water partition coefficient (Wildman–Crippen LogP) is 2.23. The number of nitrogens with zero attached hydrogens (tertiary/aromatic N) is 2. The van der Waals surface area contributed by atoms with E-state index >= 15 is 0 Å². The Morgan fingerprint density at radius 2 is 2.08 bits per heavy atom. The monoisotopic (exact) mass is 362 g/mol. The molecule has 1 heterocycles. The van der Waals surface area contributed by atoms with E-state index in [9.17, 15) is 5.11 Å². The zero-order valence-corrected chi connectivity index (χ0v) is 16.6. The SMILES string of the molecule is CN=C(NCCc1ccc(OC)cc1O)NC1CCN(CC(C)C)CC1. The summed E-state index contributed by atoms with van der Waals surface area (Å²) in [6, 6.07) is 5.88. The molecule has 0 unspecified atom stereocenters. The Morgan fingerprint density at radius 1 is 1.35 bits per heavy atom. The van der Waals surface area contributed by atoms with Gasteiger partial charge in [0.25, 0.3) is 0 Å². The van der Waals surface area contributed by atoms with Gasteiger partial charge in [0.2, 0.25) is 0 Å². The summed E-state index contributed by atoms with van der Waals surface area (Å²) in [7, 11) is 3.40. The molecule has 2 rings (SSSR count). The Hall–Kier alpha value is -1.95. The minimum atomic E-state index is 0.270. The molecule has 26 heavy (non-hydrogen) atoms. The number of aliphatic imine (C=N–C) groups is 1. The molecule has 0 bridgehead atoms. The average molecular weight is 363 g/mol. The molecule has 146 valence electrons. The highest BCUT2D eigenvalue weighted by molar-refractivity contribution is 5.80. The van der Waals surface area contributed by atoms with Gasteiger partial charge in [-0.05, 0) is 36.8 Å². The third-order valence-corrected chi connectivity index (χ3v) is 4.75. The van der Waals surface area contributed by atoms with E-state index < -0.39 is 0 Å². The van der Waals surface area contributed by atoms with Gasteiger partial charge in [0.15, 0.2) is 5.96 Å². The molecule has 0 saturated carbocycles. The maximum Gasteiger partial charge on any atom is 0.191 e. The Morgan fingerprint density at radius 3 is 2.65 bits per heavy atom. The number of nitrogens with one attached hydrogen (secondary N) is 2. The van der Waals surface area contributed by atoms with Crippen LogP contribution in [0.5, 0.6) is 11.5 Å². The summed E-state index contributed by atoms with van der Waals surface area (Å²) in [6.45, 7) is 8.74. The normalized spacial score (nSPS) is 16.7. The highest BCUT2D eigenvalue weighted by Gasteiger charge is 2.20. The first-order valence-electron chi connectivity index (χ1n) is 9.57. The van der Waals surface area contributed by atoms with E-state index in [-0.39, 0.29) is 5.75 Å². The Balaban J connectivity index is 1.73. The highest BCUT2D eigenvalue weighted by atomic mass is 16.5. The fourth-order valence-corrected chi connectivity index (χ4v) is 3.36. The molecule has 0 radical (unpaired) electrons. The molecule has 0 spiro atoms. The first-order valence-corrected chi connectivity index (χ1v) is 9.57. The number of likely N-dealkylation sites (tertiary alicyclic amines) is 1. The van der Waals surface area contributed by atoms with E-state index in [0.717, 1.165) is 49.8 Å². The molecule has 1 aliphatic heterocycles. The Bertz CT molecular complexity index is 581. The van der Waals surface area contributed by atoms with Crippen LogP contribution >= 0.6 is 0 Å². The van der Waals surface area contributed by atoms with Gasteiger partial charge < -0.3 is 25.4 Å². The van der Waals surface area contributed by atoms with E-state index in [0.29, 0.717) is 18.3 Å². The van der Waals surface area contributed by atoms with E-state index in [1.165, 1.54) is 6.54 Å². The largest absolute Gasteiger partial charge is 0.508 e. The number of benzene rings is 1. The van der Waals surface area contributed by atoms with Crippen LogP contribution in [-0.4, -0.2) is 62.3 Å². The van der Waals surface area contributed by atoms with Gasteiger partial charge in [-0.15, -0.1) is 0 Å². The van der Waals surface area contributed by atoms with Crippen molar-refractivity contribution >= 4 is 5.96 Å². The van der Waals surface area contributed by atoms with Crippen molar-refractivity contribution < 1.29 is 9.84 Å². The molecule has 1 aliphatic rings. The molecule has 0 aliphatic carbocycles. The van der Waals surface area contributed by atoms with Crippen LogP contribution in [0.3, 0.4) is 0 Å². The molecule has 1 aromatic rings. The second-order valence-electron chi connectivity index (χ2n) is 7.36. The molecule has 1 saturated heterocycles. The first kappa shape index (κ1) is 20.4. The fraction of sp³-hybridized carbons (Fsp3) is 0.650. The Kier molecular flexibility index (Phi) is 8.04. The van der Waals surface area contributed by atoms with Crippen LogP contribution in [0, 0.1) is 5.92 Å². The number of ether oxygens (including phenoxy) is 1. The molecule has 1 aromatic carbocycles. The number of guanidine groups is 1. The van der Waals surface area contributed by atoms with Gasteiger partial charge in [0.05, 0.1) is 7.11 Å². The fourth-order valence-electron chi connectivity index (χ4n) is 3.36. The second-order valence-corrected chi connectivity index (χ2v) is 7.36. The lowest BCUT2D eigenvalue weighted by Crippen LogP contribution is -2.49. The standard InChI is InChI=1S/C20H34N4O2/c1-15(2)14-24-11-8-17(9-12-24)23-20(21-3)22-10-7-16-5-6-18(26-4)13-19(16)25/h5-6,13,15,17,25H,7-12,14H2,1-4H3,(H2,21,22,23). The summed E-state index contributed by atoms with van der Waals surface area (Å²) in [6.07, 6.45) is 3.02. The Labute approximate surface area is 157 Å². The summed E-state index contributed by atoms with van der Waals surface area (Å²) in [5, 5.41) is 16.9. The van der Waals surface area contributed by atoms with Crippen molar-refractivity contribution in [2.24, 2.45) is 10.9 Å². The number of phenolic OH excluding ortho intramolecular Hbond substituents is 1. The molecular formula is C20H34N4O2. The van der Waals surface area contributed by atoms with Crippen LogP contribution < -0.4 is 15.4 Å². The smallest absolute Gasteiger partial charge is 0.191 e. The van der Waals surface area contributed by atoms with Gasteiger partial charge in [-0.3, -0.25) is 4.99 Å². The topological polar surface area (TPSA) is 69.1 Å². The molecule has 3 N–H and O–H groups in total. The van der Waals surface area contributed by atoms with Gasteiger partial charge >= 0.3 is 0 Å². The van der Waals surface area contributed by atoms with Crippen molar-refractivity contribution in [3.05, 3.63) is 23.8 Å². The quantitative estimate of drug-likeness (QED) is 0.513. The van der Waals surface area contributed by atoms with Crippen molar-refractivity contribution in [1.82, 2.24) is 15.5 Å². The zero-order valence-electron chi connectivity index (χ0n) is 16.6. The van der Waals surface area contributed by atoms with Crippen LogP contribution in [0.15, 0.2) is 23.2 Å². The molecular weight excluding hydrogens is 328 g/mol. The third-order valence-electron chi connectivity index (χ3n) is 4.75. The van der Waals surface area contributed by atoms with Crippen LogP contribution in [0.25, 0.3) is 0 Å².